The molecule has 33 heavy (non-hydrogen) atoms. The summed E-state index contributed by atoms with van der Waals surface area (Å²) in [6, 6.07) is 7.37. The third-order valence-corrected chi connectivity index (χ3v) is 5.40. The average molecular weight is 459 g/mol. The van der Waals surface area contributed by atoms with Crippen LogP contribution in [0.4, 0.5) is 13.2 Å². The Morgan fingerprint density at radius 3 is 2.61 bits per heavy atom. The van der Waals surface area contributed by atoms with Crippen molar-refractivity contribution in [1.82, 2.24) is 24.9 Å². The Kier molecular flexibility index (Phi) is 6.14. The largest absolute Gasteiger partial charge is 0.416 e. The first kappa shape index (κ1) is 22.5. The Bertz CT molecular complexity index is 1180. The maximum absolute atomic E-state index is 12.8. The molecule has 1 aliphatic heterocycles. The second-order valence-corrected chi connectivity index (χ2v) is 7.58. The number of nitrogens with zero attached hydrogens (tertiary/aromatic N) is 4. The van der Waals surface area contributed by atoms with Gasteiger partial charge >= 0.3 is 6.18 Å². The van der Waals surface area contributed by atoms with E-state index in [2.05, 4.69) is 21.9 Å². The van der Waals surface area contributed by atoms with Gasteiger partial charge in [-0.05, 0) is 29.8 Å². The second kappa shape index (κ2) is 9.02. The first-order valence-electron chi connectivity index (χ1n) is 10.0. The van der Waals surface area contributed by atoms with E-state index < -0.39 is 17.8 Å². The molecular formula is C22H20F3N5O3. The van der Waals surface area contributed by atoms with Crippen molar-refractivity contribution in [3.05, 3.63) is 82.9 Å². The summed E-state index contributed by atoms with van der Waals surface area (Å²) >= 11 is 0. The lowest BCUT2D eigenvalue weighted by molar-refractivity contribution is -0.137. The van der Waals surface area contributed by atoms with E-state index in [1.807, 2.05) is 0 Å². The molecule has 2 unspecified atom stereocenters. The lowest BCUT2D eigenvalue weighted by Crippen LogP contribution is -2.28. The summed E-state index contributed by atoms with van der Waals surface area (Å²) in [5.41, 5.74) is 0.798. The van der Waals surface area contributed by atoms with E-state index in [0.29, 0.717) is 23.4 Å². The predicted molar refractivity (Wildman–Crippen MR) is 112 cm³/mol. The summed E-state index contributed by atoms with van der Waals surface area (Å²) in [5, 5.41) is 8.31. The highest BCUT2D eigenvalue weighted by molar-refractivity contribution is 5.87. The van der Waals surface area contributed by atoms with Crippen molar-refractivity contribution in [2.75, 3.05) is 13.1 Å². The van der Waals surface area contributed by atoms with Crippen molar-refractivity contribution in [1.29, 1.82) is 0 Å². The van der Waals surface area contributed by atoms with Gasteiger partial charge < -0.3 is 14.6 Å². The fourth-order valence-electron chi connectivity index (χ4n) is 3.62. The van der Waals surface area contributed by atoms with E-state index in [0.717, 1.165) is 12.1 Å². The standard InChI is InChI=1S/C22H20F3N5O3/c1-2-21(32)29-11-18(30-10-17(27-28-30)15-5-8-20(31)26-9-15)19(12-29)33-13-14-3-6-16(7-4-14)22(23,24)25/h2-10,18-19H,1,11-13H2,(H,26,31). The van der Waals surface area contributed by atoms with Crippen LogP contribution in [0.15, 0.2) is 66.2 Å². The van der Waals surface area contributed by atoms with Crippen molar-refractivity contribution >= 4 is 5.91 Å². The summed E-state index contributed by atoms with van der Waals surface area (Å²) in [6.45, 7) is 4.15. The minimum atomic E-state index is -4.40. The third-order valence-electron chi connectivity index (χ3n) is 5.40. The minimum absolute atomic E-state index is 0.0664. The van der Waals surface area contributed by atoms with Crippen molar-refractivity contribution in [2.24, 2.45) is 0 Å². The van der Waals surface area contributed by atoms with Gasteiger partial charge in [-0.1, -0.05) is 23.9 Å². The number of halogens is 3. The normalized spacial score (nSPS) is 18.5. The number of aromatic amines is 1. The van der Waals surface area contributed by atoms with Gasteiger partial charge in [0.05, 0.1) is 30.5 Å². The summed E-state index contributed by atoms with van der Waals surface area (Å²) in [7, 11) is 0. The maximum Gasteiger partial charge on any atom is 0.416 e. The predicted octanol–water partition coefficient (Wildman–Crippen LogP) is 2.81. The lowest BCUT2D eigenvalue weighted by atomic mass is 10.1. The average Bonchev–Trinajstić information content (AvgIpc) is 3.45. The van der Waals surface area contributed by atoms with Crippen molar-refractivity contribution < 1.29 is 22.7 Å². The molecule has 1 fully saturated rings. The Balaban J connectivity index is 1.51. The molecule has 0 radical (unpaired) electrons. The first-order valence-corrected chi connectivity index (χ1v) is 10.0. The Hall–Kier alpha value is -3.73. The Labute approximate surface area is 186 Å². The quantitative estimate of drug-likeness (QED) is 0.573. The van der Waals surface area contributed by atoms with Crippen LogP contribution in [0.1, 0.15) is 17.2 Å². The molecule has 1 N–H and O–H groups in total. The molecule has 0 bridgehead atoms. The van der Waals surface area contributed by atoms with E-state index in [4.69, 9.17) is 4.74 Å². The fraction of sp³-hybridized carbons (Fsp3) is 0.273. The zero-order valence-corrected chi connectivity index (χ0v) is 17.3. The summed E-state index contributed by atoms with van der Waals surface area (Å²) in [6.07, 6.45) is -0.451. The second-order valence-electron chi connectivity index (χ2n) is 7.58. The molecule has 2 aromatic heterocycles. The number of alkyl halides is 3. The van der Waals surface area contributed by atoms with E-state index in [-0.39, 0.29) is 30.7 Å². The van der Waals surface area contributed by atoms with Gasteiger partial charge in [0.1, 0.15) is 5.69 Å². The minimum Gasteiger partial charge on any atom is -0.369 e. The number of likely N-dealkylation sites (tertiary alicyclic amines) is 1. The summed E-state index contributed by atoms with van der Waals surface area (Å²) in [4.78, 5) is 27.6. The van der Waals surface area contributed by atoms with E-state index in [9.17, 15) is 22.8 Å². The highest BCUT2D eigenvalue weighted by atomic mass is 19.4. The smallest absolute Gasteiger partial charge is 0.369 e. The van der Waals surface area contributed by atoms with Crippen LogP contribution >= 0.6 is 0 Å². The van der Waals surface area contributed by atoms with Gasteiger partial charge in [-0.2, -0.15) is 13.2 Å². The third kappa shape index (κ3) is 5.03. The van der Waals surface area contributed by atoms with Crippen LogP contribution in [0.2, 0.25) is 0 Å². The highest BCUT2D eigenvalue weighted by Crippen LogP contribution is 2.30. The molecule has 1 amide bonds. The number of hydrogen-bond donors (Lipinski definition) is 1. The molecule has 0 saturated carbocycles. The van der Waals surface area contributed by atoms with Crippen molar-refractivity contribution in [3.8, 4) is 11.3 Å². The number of carbonyl (C=O) groups is 1. The van der Waals surface area contributed by atoms with E-state index in [1.165, 1.54) is 30.5 Å². The summed E-state index contributed by atoms with van der Waals surface area (Å²) in [5.74, 6) is -0.262. The SMILES string of the molecule is C=CC(=O)N1CC(OCc2ccc(C(F)(F)F)cc2)C(n2cc(-c3ccc(=O)[nH]c3)nn2)C1. The molecule has 11 heteroatoms. The van der Waals surface area contributed by atoms with Crippen LogP contribution in [0.5, 0.6) is 0 Å². The van der Waals surface area contributed by atoms with Crippen LogP contribution < -0.4 is 5.56 Å². The fourth-order valence-corrected chi connectivity index (χ4v) is 3.62. The van der Waals surface area contributed by atoms with Gasteiger partial charge in [-0.3, -0.25) is 9.59 Å². The monoisotopic (exact) mass is 459 g/mol. The molecule has 4 rings (SSSR count). The van der Waals surface area contributed by atoms with Crippen LogP contribution in [-0.4, -0.2) is 50.0 Å². The Morgan fingerprint density at radius 2 is 1.97 bits per heavy atom. The number of rotatable bonds is 6. The van der Waals surface area contributed by atoms with Crippen LogP contribution in [0.3, 0.4) is 0 Å². The lowest BCUT2D eigenvalue weighted by Gasteiger charge is -2.19. The number of pyridine rings is 1. The molecule has 1 aromatic carbocycles. The van der Waals surface area contributed by atoms with Crippen molar-refractivity contribution in [2.45, 2.75) is 24.9 Å². The van der Waals surface area contributed by atoms with E-state index in [1.54, 1.807) is 21.8 Å². The van der Waals surface area contributed by atoms with E-state index >= 15 is 0 Å². The molecule has 172 valence electrons. The number of aromatic nitrogens is 4. The number of carbonyl (C=O) groups excluding carboxylic acids is 1. The van der Waals surface area contributed by atoms with Gasteiger partial charge in [0.15, 0.2) is 0 Å². The Morgan fingerprint density at radius 1 is 1.21 bits per heavy atom. The number of ether oxygens (including phenoxy) is 1. The van der Waals surface area contributed by atoms with Crippen LogP contribution in [0, 0.1) is 0 Å². The highest BCUT2D eigenvalue weighted by Gasteiger charge is 2.37. The van der Waals surface area contributed by atoms with Gasteiger partial charge in [0.25, 0.3) is 0 Å². The molecule has 8 nitrogen and oxygen atoms in total. The molecule has 1 saturated heterocycles. The number of H-pyrrole nitrogens is 1. The molecule has 1 aliphatic rings. The number of nitrogens with one attached hydrogen (secondary N) is 1. The van der Waals surface area contributed by atoms with Crippen molar-refractivity contribution in [3.63, 3.8) is 0 Å². The molecule has 0 aliphatic carbocycles. The van der Waals surface area contributed by atoms with Gasteiger partial charge in [0.2, 0.25) is 11.5 Å². The number of hydrogen-bond acceptors (Lipinski definition) is 5. The first-order chi connectivity index (χ1) is 15.7. The van der Waals surface area contributed by atoms with Gasteiger partial charge in [-0.15, -0.1) is 5.10 Å². The number of amides is 1. The molecule has 3 heterocycles. The molecule has 0 spiro atoms. The molecule has 2 atom stereocenters. The van der Waals surface area contributed by atoms with Gasteiger partial charge in [0, 0.05) is 30.9 Å². The topological polar surface area (TPSA) is 93.1 Å². The van der Waals surface area contributed by atoms with Gasteiger partial charge in [-0.25, -0.2) is 4.68 Å². The maximum atomic E-state index is 12.8. The zero-order valence-electron chi connectivity index (χ0n) is 17.3. The molecule has 3 aromatic rings. The zero-order chi connectivity index (χ0) is 23.6. The van der Waals surface area contributed by atoms with Crippen LogP contribution in [0.25, 0.3) is 11.3 Å². The summed E-state index contributed by atoms with van der Waals surface area (Å²) < 4.78 is 45.9. The van der Waals surface area contributed by atoms with Crippen LogP contribution in [-0.2, 0) is 22.3 Å². The number of benzene rings is 1. The molecular weight excluding hydrogens is 439 g/mol.